The first-order chi connectivity index (χ1) is 14.5. The van der Waals surface area contributed by atoms with Gasteiger partial charge < -0.3 is 4.74 Å². The highest BCUT2D eigenvalue weighted by Crippen LogP contribution is 2.43. The van der Waals surface area contributed by atoms with Crippen molar-refractivity contribution in [2.24, 2.45) is 0 Å². The number of carbonyl (C=O) groups excluding carboxylic acids is 2. The maximum Gasteiger partial charge on any atom is 0.416 e. The molecule has 0 aliphatic rings. The summed E-state index contributed by atoms with van der Waals surface area (Å²) < 4.78 is 45.0. The molecule has 0 fully saturated rings. The average molecular weight is 462 g/mol. The van der Waals surface area contributed by atoms with Gasteiger partial charge in [0.1, 0.15) is 5.56 Å². The van der Waals surface area contributed by atoms with Crippen LogP contribution in [0.2, 0.25) is 5.02 Å². The molecule has 0 spiro atoms. The van der Waals surface area contributed by atoms with Gasteiger partial charge in [-0.25, -0.2) is 9.68 Å². The van der Waals surface area contributed by atoms with Crippen LogP contribution in [0.5, 0.6) is 5.75 Å². The van der Waals surface area contributed by atoms with Crippen molar-refractivity contribution < 1.29 is 42.2 Å². The zero-order chi connectivity index (χ0) is 23.3. The molecule has 0 aliphatic heterocycles. The molecule has 0 aliphatic carbocycles. The average Bonchev–Trinajstić information content (AvgIpc) is 2.71. The summed E-state index contributed by atoms with van der Waals surface area (Å²) in [4.78, 5) is 43.6. The van der Waals surface area contributed by atoms with Crippen molar-refractivity contribution in [2.75, 3.05) is 6.61 Å². The molecule has 1 unspecified atom stereocenters. The Bertz CT molecular complexity index is 1010. The Morgan fingerprint density at radius 1 is 1.19 bits per heavy atom. The van der Waals surface area contributed by atoms with Gasteiger partial charge in [-0.3, -0.25) is 19.8 Å². The smallest absolute Gasteiger partial charge is 0.416 e. The van der Waals surface area contributed by atoms with Crippen LogP contribution in [0, 0.1) is 10.1 Å². The van der Waals surface area contributed by atoms with Crippen molar-refractivity contribution in [2.45, 2.75) is 25.9 Å². The molecule has 0 amide bonds. The topological polar surface area (TPSA) is 105 Å². The largest absolute Gasteiger partial charge is 0.466 e. The third-order valence-corrected chi connectivity index (χ3v) is 4.44. The first kappa shape index (κ1) is 23.9. The minimum Gasteiger partial charge on any atom is -0.466 e. The summed E-state index contributed by atoms with van der Waals surface area (Å²) in [5.41, 5.74) is -2.84. The van der Waals surface area contributed by atoms with Crippen LogP contribution in [0.1, 0.15) is 41.3 Å². The highest BCUT2D eigenvalue weighted by atomic mass is 35.5. The predicted octanol–water partition coefficient (Wildman–Crippen LogP) is 5.08. The zero-order valence-electron chi connectivity index (χ0n) is 16.1. The minimum atomic E-state index is -4.85. The summed E-state index contributed by atoms with van der Waals surface area (Å²) in [6, 6.07) is 6.22. The first-order valence-corrected chi connectivity index (χ1v) is 9.05. The highest BCUT2D eigenvalue weighted by molar-refractivity contribution is 6.33. The number of alkyl halides is 3. The molecule has 0 radical (unpaired) electrons. The third kappa shape index (κ3) is 5.43. The number of nitro benzene ring substituents is 1. The Morgan fingerprint density at radius 3 is 2.42 bits per heavy atom. The van der Waals surface area contributed by atoms with Crippen molar-refractivity contribution in [3.8, 4) is 5.75 Å². The number of esters is 1. The van der Waals surface area contributed by atoms with Gasteiger partial charge in [0.15, 0.2) is 5.75 Å². The van der Waals surface area contributed by atoms with Gasteiger partial charge >= 0.3 is 18.1 Å². The number of ether oxygens (including phenoxy) is 1. The molecule has 2 aromatic rings. The van der Waals surface area contributed by atoms with Gasteiger partial charge in [0.2, 0.25) is 0 Å². The fourth-order valence-electron chi connectivity index (χ4n) is 2.63. The lowest BCUT2D eigenvalue weighted by atomic mass is 9.94. The Morgan fingerprint density at radius 2 is 1.84 bits per heavy atom. The number of nitrogens with zero attached hydrogens (tertiary/aromatic N) is 1. The van der Waals surface area contributed by atoms with Gasteiger partial charge in [-0.2, -0.15) is 13.2 Å². The van der Waals surface area contributed by atoms with Gasteiger partial charge in [-0.1, -0.05) is 23.7 Å². The number of benzene rings is 2. The number of halogens is 4. The monoisotopic (exact) mass is 461 g/mol. The number of rotatable bonds is 7. The highest BCUT2D eigenvalue weighted by Gasteiger charge is 2.38. The molecular formula is C19H15ClF3NO7. The van der Waals surface area contributed by atoms with Gasteiger partial charge in [-0.15, -0.1) is 0 Å². The fraction of sp³-hybridized carbons (Fsp3) is 0.263. The maximum absolute atomic E-state index is 13.4. The van der Waals surface area contributed by atoms with E-state index in [2.05, 4.69) is 4.89 Å². The summed E-state index contributed by atoms with van der Waals surface area (Å²) in [7, 11) is 0. The maximum atomic E-state index is 13.4. The molecule has 0 saturated heterocycles. The van der Waals surface area contributed by atoms with Crippen molar-refractivity contribution in [1.29, 1.82) is 0 Å². The quantitative estimate of drug-likeness (QED) is 0.245. The van der Waals surface area contributed by atoms with Crippen LogP contribution >= 0.6 is 11.6 Å². The number of nitro groups is 1. The van der Waals surface area contributed by atoms with E-state index in [0.29, 0.717) is 6.07 Å². The molecule has 12 heteroatoms. The Kier molecular flexibility index (Phi) is 7.45. The predicted molar refractivity (Wildman–Crippen MR) is 101 cm³/mol. The minimum absolute atomic E-state index is 0.0637. The molecule has 8 nitrogen and oxygen atoms in total. The van der Waals surface area contributed by atoms with Crippen LogP contribution in [-0.2, 0) is 20.6 Å². The van der Waals surface area contributed by atoms with E-state index in [9.17, 15) is 32.9 Å². The van der Waals surface area contributed by atoms with E-state index in [-0.39, 0.29) is 6.61 Å². The van der Waals surface area contributed by atoms with Crippen LogP contribution in [0.25, 0.3) is 0 Å². The second-order valence-corrected chi connectivity index (χ2v) is 6.42. The standard InChI is InChI=1S/C19H15ClF3NO7/c1-3-29-17(25)10(2)15-12(19(21,22)23)8-9-14(16(15)20)30-31-18(26)11-6-4-5-7-13(11)24(27)28/h4-10H,3H2,1-2H3. The van der Waals surface area contributed by atoms with Gasteiger partial charge in [0, 0.05) is 11.6 Å². The molecule has 0 saturated carbocycles. The Balaban J connectivity index is 2.38. The zero-order valence-corrected chi connectivity index (χ0v) is 16.8. The number of hydrogen-bond acceptors (Lipinski definition) is 7. The molecular weight excluding hydrogens is 447 g/mol. The molecule has 2 aromatic carbocycles. The van der Waals surface area contributed by atoms with Crippen LogP contribution in [0.4, 0.5) is 18.9 Å². The summed E-state index contributed by atoms with van der Waals surface area (Å²) in [5.74, 6) is -4.15. The lowest BCUT2D eigenvalue weighted by Gasteiger charge is -2.20. The molecule has 31 heavy (non-hydrogen) atoms. The van der Waals surface area contributed by atoms with Crippen LogP contribution in [0.15, 0.2) is 36.4 Å². The van der Waals surface area contributed by atoms with Gasteiger partial charge in [0.05, 0.1) is 28.0 Å². The second-order valence-electron chi connectivity index (χ2n) is 6.04. The van der Waals surface area contributed by atoms with Crippen LogP contribution in [0.3, 0.4) is 0 Å². The number of carbonyl (C=O) groups is 2. The summed E-state index contributed by atoms with van der Waals surface area (Å²) in [6.45, 7) is 2.59. The van der Waals surface area contributed by atoms with Crippen molar-refractivity contribution in [3.63, 3.8) is 0 Å². The van der Waals surface area contributed by atoms with Crippen molar-refractivity contribution in [1.82, 2.24) is 0 Å². The third-order valence-electron chi connectivity index (χ3n) is 4.05. The summed E-state index contributed by atoms with van der Waals surface area (Å²) >= 11 is 6.04. The SMILES string of the molecule is CCOC(=O)C(C)c1c(C(F)(F)F)ccc(OOC(=O)c2ccccc2[N+](=O)[O-])c1Cl. The molecule has 166 valence electrons. The van der Waals surface area contributed by atoms with E-state index in [1.165, 1.54) is 19.1 Å². The first-order valence-electron chi connectivity index (χ1n) is 8.67. The Labute approximate surface area is 178 Å². The van der Waals surface area contributed by atoms with E-state index < -0.39 is 62.1 Å². The lowest BCUT2D eigenvalue weighted by molar-refractivity contribution is -0.385. The molecule has 0 bridgehead atoms. The summed E-state index contributed by atoms with van der Waals surface area (Å²) in [5, 5.41) is 10.4. The number of para-hydroxylation sites is 1. The molecule has 0 N–H and O–H groups in total. The molecule has 0 aromatic heterocycles. The van der Waals surface area contributed by atoms with E-state index in [4.69, 9.17) is 21.2 Å². The van der Waals surface area contributed by atoms with Crippen molar-refractivity contribution in [3.05, 3.63) is 68.2 Å². The number of hydrogen-bond donors (Lipinski definition) is 0. The lowest BCUT2D eigenvalue weighted by Crippen LogP contribution is -2.19. The van der Waals surface area contributed by atoms with Gasteiger partial charge in [-0.05, 0) is 32.0 Å². The van der Waals surface area contributed by atoms with Gasteiger partial charge in [0.25, 0.3) is 5.69 Å². The molecule has 0 heterocycles. The normalized spacial score (nSPS) is 12.1. The van der Waals surface area contributed by atoms with Crippen LogP contribution < -0.4 is 4.89 Å². The van der Waals surface area contributed by atoms with E-state index in [1.807, 2.05) is 0 Å². The van der Waals surface area contributed by atoms with Crippen molar-refractivity contribution >= 4 is 29.2 Å². The molecule has 1 atom stereocenters. The Hall–Kier alpha value is -3.34. The van der Waals surface area contributed by atoms with E-state index in [0.717, 1.165) is 25.1 Å². The van der Waals surface area contributed by atoms with Crippen LogP contribution in [-0.4, -0.2) is 23.5 Å². The second kappa shape index (κ2) is 9.65. The summed E-state index contributed by atoms with van der Waals surface area (Å²) in [6.07, 6.45) is -4.85. The van der Waals surface area contributed by atoms with E-state index in [1.54, 1.807) is 0 Å². The van der Waals surface area contributed by atoms with E-state index >= 15 is 0 Å². The fourth-order valence-corrected chi connectivity index (χ4v) is 2.99. The molecule has 2 rings (SSSR count).